The summed E-state index contributed by atoms with van der Waals surface area (Å²) >= 11 is 0. The number of carbonyl (C=O) groups excluding carboxylic acids is 4. The Balaban J connectivity index is 1.07. The highest BCUT2D eigenvalue weighted by molar-refractivity contribution is 6.13. The second-order valence-corrected chi connectivity index (χ2v) is 14.4. The maximum atomic E-state index is 12.6. The van der Waals surface area contributed by atoms with Crippen LogP contribution in [0.3, 0.4) is 0 Å². The van der Waals surface area contributed by atoms with E-state index in [9.17, 15) is 70.2 Å². The zero-order chi connectivity index (χ0) is 45.3. The van der Waals surface area contributed by atoms with Crippen molar-refractivity contribution in [2.75, 3.05) is 85.8 Å². The number of aliphatic hydroxyl groups excluding tert-OH is 10. The first-order chi connectivity index (χ1) is 29.7. The van der Waals surface area contributed by atoms with Crippen LogP contribution in [0.25, 0.3) is 0 Å². The van der Waals surface area contributed by atoms with Gasteiger partial charge in [0.1, 0.15) is 73.2 Å². The van der Waals surface area contributed by atoms with Gasteiger partial charge in [-0.15, -0.1) is 0 Å². The van der Waals surface area contributed by atoms with Gasteiger partial charge in [0.05, 0.1) is 79.1 Å². The maximum absolute atomic E-state index is 12.6. The summed E-state index contributed by atoms with van der Waals surface area (Å²) in [4.78, 5) is 48.4. The van der Waals surface area contributed by atoms with E-state index in [4.69, 9.17) is 42.6 Å². The van der Waals surface area contributed by atoms with Crippen LogP contribution in [0.2, 0.25) is 0 Å². The van der Waals surface area contributed by atoms with Crippen molar-refractivity contribution in [3.8, 4) is 0 Å². The van der Waals surface area contributed by atoms with Gasteiger partial charge in [-0.2, -0.15) is 0 Å². The maximum Gasteiger partial charge on any atom is 0.253 e. The van der Waals surface area contributed by atoms with Crippen LogP contribution in [-0.4, -0.2) is 257 Å². The molecule has 356 valence electrons. The first kappa shape index (κ1) is 51.7. The molecule has 0 aromatic rings. The molecule has 0 saturated carbocycles. The van der Waals surface area contributed by atoms with E-state index < -0.39 is 130 Å². The summed E-state index contributed by atoms with van der Waals surface area (Å²) < 4.78 is 49.1. The number of hydrogen-bond acceptors (Lipinski definition) is 23. The Morgan fingerprint density at radius 2 is 1.06 bits per heavy atom. The average Bonchev–Trinajstić information content (AvgIpc) is 3.58. The zero-order valence-corrected chi connectivity index (χ0v) is 33.6. The Bertz CT molecular complexity index is 1410. The molecular formula is C36H59N3O23. The van der Waals surface area contributed by atoms with Crippen LogP contribution in [0.5, 0.6) is 0 Å². The third-order valence-corrected chi connectivity index (χ3v) is 10.0. The molecule has 4 aliphatic rings. The summed E-state index contributed by atoms with van der Waals surface area (Å²) in [5.74, 6) is -1.86. The summed E-state index contributed by atoms with van der Waals surface area (Å²) in [5, 5.41) is 109. The highest BCUT2D eigenvalue weighted by atomic mass is 16.7. The molecule has 0 aliphatic carbocycles. The van der Waals surface area contributed by atoms with Crippen LogP contribution < -0.4 is 10.6 Å². The molecule has 0 unspecified atom stereocenters. The standard InChI is InChI=1S/C36H59N3O23/c40-15-18-25(47)27(49)30(52)35(59-18)62-33-26(48)19(16-41)60-36(31(33)53)61-32-20(17-42)58-34(29(51)28(32)50)38-22(44)4-7-54-9-11-56-13-14-57-12-10-55-8-5-37-21(43)3-6-39-23(45)1-2-24(39)46/h1-2,18-20,25-36,40-42,47-53H,3-17H2,(H,37,43)(H,38,44)/t18-,19-,20-,25+,26+,27+,28-,29-,30-,31-,32-,33+,34-,35-,36+/m1/s1. The molecule has 4 heterocycles. The van der Waals surface area contributed by atoms with E-state index >= 15 is 0 Å². The fourth-order valence-electron chi connectivity index (χ4n) is 6.56. The molecule has 4 amide bonds. The third kappa shape index (κ3) is 14.5. The second kappa shape index (κ2) is 26.1. The number of hydrogen-bond donors (Lipinski definition) is 12. The Kier molecular flexibility index (Phi) is 21.8. The van der Waals surface area contributed by atoms with E-state index in [1.54, 1.807) is 0 Å². The van der Waals surface area contributed by atoms with Gasteiger partial charge in [0.25, 0.3) is 11.8 Å². The van der Waals surface area contributed by atoms with Crippen LogP contribution in [0, 0.1) is 0 Å². The summed E-state index contributed by atoms with van der Waals surface area (Å²) in [5.41, 5.74) is 0. The quantitative estimate of drug-likeness (QED) is 0.0283. The predicted molar refractivity (Wildman–Crippen MR) is 199 cm³/mol. The molecule has 0 aromatic heterocycles. The van der Waals surface area contributed by atoms with Crippen molar-refractivity contribution in [3.05, 3.63) is 12.2 Å². The molecule has 3 saturated heterocycles. The van der Waals surface area contributed by atoms with Crippen molar-refractivity contribution in [3.63, 3.8) is 0 Å². The number of nitrogens with one attached hydrogen (secondary N) is 2. The van der Waals surface area contributed by atoms with Crippen LogP contribution in [0.15, 0.2) is 12.2 Å². The fraction of sp³-hybridized carbons (Fsp3) is 0.833. The minimum absolute atomic E-state index is 0.000509. The van der Waals surface area contributed by atoms with E-state index in [-0.39, 0.29) is 84.7 Å². The number of amides is 4. The molecule has 3 fully saturated rings. The Labute approximate surface area is 354 Å². The zero-order valence-electron chi connectivity index (χ0n) is 33.6. The number of imide groups is 1. The lowest BCUT2D eigenvalue weighted by Crippen LogP contribution is -2.67. The van der Waals surface area contributed by atoms with Gasteiger partial charge in [-0.1, -0.05) is 0 Å². The SMILES string of the molecule is O=C(CCN1C(=O)C=CC1=O)NCCOCCOCCOCCOCCC(=O)N[C@@H]1O[C@H](CO)[C@@H](O[C@@H]2O[C@H](CO)[C@H](O)[C@H](O[C@H]3O[C@H](CO)[C@H](O)[C@H](O)[C@H]3O)[C@H]2O)[C@H](O)[C@H]1O. The fourth-order valence-corrected chi connectivity index (χ4v) is 6.56. The Morgan fingerprint density at radius 3 is 1.65 bits per heavy atom. The molecule has 0 spiro atoms. The molecule has 0 radical (unpaired) electrons. The van der Waals surface area contributed by atoms with Gasteiger partial charge in [-0.05, 0) is 0 Å². The summed E-state index contributed by atoms with van der Waals surface area (Å²) in [6.07, 6.45) is -23.9. The van der Waals surface area contributed by atoms with E-state index in [0.717, 1.165) is 17.1 Å². The van der Waals surface area contributed by atoms with Crippen LogP contribution in [0.4, 0.5) is 0 Å². The normalized spacial score (nSPS) is 35.1. The molecule has 62 heavy (non-hydrogen) atoms. The Morgan fingerprint density at radius 1 is 0.548 bits per heavy atom. The summed E-state index contributed by atoms with van der Waals surface area (Å²) in [6.45, 7) is -0.680. The highest BCUT2D eigenvalue weighted by Gasteiger charge is 2.53. The molecule has 0 bridgehead atoms. The van der Waals surface area contributed by atoms with Gasteiger partial charge < -0.3 is 104 Å². The van der Waals surface area contributed by atoms with Crippen molar-refractivity contribution >= 4 is 23.6 Å². The number of nitrogens with zero attached hydrogens (tertiary/aromatic N) is 1. The van der Waals surface area contributed by atoms with Gasteiger partial charge in [0, 0.05) is 31.7 Å². The summed E-state index contributed by atoms with van der Waals surface area (Å²) in [7, 11) is 0. The summed E-state index contributed by atoms with van der Waals surface area (Å²) in [6, 6.07) is 0. The minimum Gasteiger partial charge on any atom is -0.394 e. The van der Waals surface area contributed by atoms with Crippen LogP contribution in [-0.2, 0) is 61.8 Å². The lowest BCUT2D eigenvalue weighted by Gasteiger charge is -2.48. The number of ether oxygens (including phenoxy) is 9. The van der Waals surface area contributed by atoms with E-state index in [0.29, 0.717) is 0 Å². The smallest absolute Gasteiger partial charge is 0.253 e. The molecule has 15 atom stereocenters. The first-order valence-corrected chi connectivity index (χ1v) is 20.0. The molecule has 12 N–H and O–H groups in total. The number of aliphatic hydroxyl groups is 10. The van der Waals surface area contributed by atoms with E-state index in [2.05, 4.69) is 10.6 Å². The highest BCUT2D eigenvalue weighted by Crippen LogP contribution is 2.32. The number of rotatable bonds is 26. The van der Waals surface area contributed by atoms with Crippen molar-refractivity contribution in [2.45, 2.75) is 105 Å². The van der Waals surface area contributed by atoms with Gasteiger partial charge in [-0.25, -0.2) is 0 Å². The topological polar surface area (TPSA) is 381 Å². The molecule has 26 heteroatoms. The molecular weight excluding hydrogens is 842 g/mol. The minimum atomic E-state index is -1.98. The number of carbonyl (C=O) groups is 4. The Hall–Kier alpha value is -2.94. The lowest BCUT2D eigenvalue weighted by atomic mass is 9.95. The second-order valence-electron chi connectivity index (χ2n) is 14.4. The molecule has 26 nitrogen and oxygen atoms in total. The van der Waals surface area contributed by atoms with Crippen molar-refractivity contribution in [1.29, 1.82) is 0 Å². The first-order valence-electron chi connectivity index (χ1n) is 20.0. The lowest BCUT2D eigenvalue weighted by molar-refractivity contribution is -0.374. The van der Waals surface area contributed by atoms with Crippen LogP contribution in [0.1, 0.15) is 12.8 Å². The van der Waals surface area contributed by atoms with Crippen molar-refractivity contribution in [2.24, 2.45) is 0 Å². The third-order valence-electron chi connectivity index (χ3n) is 10.0. The van der Waals surface area contributed by atoms with E-state index in [1.807, 2.05) is 0 Å². The van der Waals surface area contributed by atoms with Crippen LogP contribution >= 0.6 is 0 Å². The monoisotopic (exact) mass is 901 g/mol. The predicted octanol–water partition coefficient (Wildman–Crippen LogP) is -8.56. The van der Waals surface area contributed by atoms with Crippen molar-refractivity contribution < 1.29 is 113 Å². The molecule has 0 aromatic carbocycles. The van der Waals surface area contributed by atoms with Gasteiger partial charge >= 0.3 is 0 Å². The largest absolute Gasteiger partial charge is 0.394 e. The van der Waals surface area contributed by atoms with Crippen molar-refractivity contribution in [1.82, 2.24) is 15.5 Å². The molecule has 4 aliphatic heterocycles. The van der Waals surface area contributed by atoms with Gasteiger partial charge in [0.2, 0.25) is 11.8 Å². The average molecular weight is 902 g/mol. The molecule has 4 rings (SSSR count). The van der Waals surface area contributed by atoms with Gasteiger partial charge in [-0.3, -0.25) is 24.1 Å². The van der Waals surface area contributed by atoms with Gasteiger partial charge in [0.15, 0.2) is 18.8 Å². The van der Waals surface area contributed by atoms with E-state index in [1.165, 1.54) is 0 Å².